The summed E-state index contributed by atoms with van der Waals surface area (Å²) in [6.07, 6.45) is 0.785. The third kappa shape index (κ3) is 1.91. The van der Waals surface area contributed by atoms with Gasteiger partial charge in [-0.2, -0.15) is 0 Å². The van der Waals surface area contributed by atoms with E-state index in [0.717, 1.165) is 13.0 Å². The molecule has 1 aliphatic rings. The summed E-state index contributed by atoms with van der Waals surface area (Å²) in [7, 11) is 1.92. The van der Waals surface area contributed by atoms with Crippen LogP contribution in [0, 0.1) is 5.92 Å². The van der Waals surface area contributed by atoms with Crippen molar-refractivity contribution in [3.8, 4) is 0 Å². The Labute approximate surface area is 66.0 Å². The van der Waals surface area contributed by atoms with Gasteiger partial charge in [0, 0.05) is 12.6 Å². The van der Waals surface area contributed by atoms with Crippen LogP contribution in [0.4, 0.5) is 0 Å². The van der Waals surface area contributed by atoms with E-state index in [2.05, 4.69) is 0 Å². The molecule has 0 amide bonds. The molecule has 1 aliphatic heterocycles. The van der Waals surface area contributed by atoms with Crippen LogP contribution in [0.15, 0.2) is 0 Å². The molecule has 0 radical (unpaired) electrons. The number of piperidine rings is 1. The largest absolute Gasteiger partial charge is 0.481 e. The van der Waals surface area contributed by atoms with Crippen molar-refractivity contribution >= 4 is 5.97 Å². The Morgan fingerprint density at radius 3 is 2.82 bits per heavy atom. The number of nitrogens with two attached hydrogens (primary N) is 1. The summed E-state index contributed by atoms with van der Waals surface area (Å²) < 4.78 is 0. The predicted molar refractivity (Wildman–Crippen MR) is 41.2 cm³/mol. The Balaban J connectivity index is 2.54. The maximum Gasteiger partial charge on any atom is 0.309 e. The molecule has 0 aromatic carbocycles. The lowest BCUT2D eigenvalue weighted by atomic mass is 9.93. The van der Waals surface area contributed by atoms with Gasteiger partial charge >= 0.3 is 5.97 Å². The summed E-state index contributed by atoms with van der Waals surface area (Å²) in [6, 6.07) is -0.163. The van der Waals surface area contributed by atoms with Crippen LogP contribution < -0.4 is 5.73 Å². The van der Waals surface area contributed by atoms with Gasteiger partial charge in [-0.05, 0) is 20.0 Å². The molecule has 0 aliphatic carbocycles. The Bertz CT molecular complexity index is 161. The molecule has 64 valence electrons. The minimum atomic E-state index is -0.774. The summed E-state index contributed by atoms with van der Waals surface area (Å²) in [5.41, 5.74) is 5.63. The lowest BCUT2D eigenvalue weighted by molar-refractivity contribution is -0.144. The van der Waals surface area contributed by atoms with Gasteiger partial charge in [0.05, 0.1) is 5.92 Å². The molecule has 3 N–H and O–H groups in total. The van der Waals surface area contributed by atoms with Crippen molar-refractivity contribution in [2.45, 2.75) is 12.5 Å². The Kier molecular flexibility index (Phi) is 2.46. The number of carboxylic acids is 1. The molecule has 11 heavy (non-hydrogen) atoms. The first-order valence-corrected chi connectivity index (χ1v) is 3.78. The minimum Gasteiger partial charge on any atom is -0.481 e. The number of hydrogen-bond acceptors (Lipinski definition) is 3. The van der Waals surface area contributed by atoms with Crippen LogP contribution in [-0.4, -0.2) is 42.2 Å². The number of carboxylic acid groups (broad SMARTS) is 1. The molecular formula is C7H14N2O2. The average molecular weight is 158 g/mol. The Morgan fingerprint density at radius 2 is 2.36 bits per heavy atom. The molecule has 0 spiro atoms. The molecule has 0 saturated carbocycles. The second-order valence-corrected chi connectivity index (χ2v) is 3.16. The number of hydrogen-bond donors (Lipinski definition) is 2. The zero-order valence-electron chi connectivity index (χ0n) is 6.66. The highest BCUT2D eigenvalue weighted by Gasteiger charge is 2.30. The second kappa shape index (κ2) is 3.19. The van der Waals surface area contributed by atoms with Crippen molar-refractivity contribution in [3.05, 3.63) is 0 Å². The van der Waals surface area contributed by atoms with Gasteiger partial charge in [-0.15, -0.1) is 0 Å². The highest BCUT2D eigenvalue weighted by Crippen LogP contribution is 2.13. The molecule has 0 bridgehead atoms. The second-order valence-electron chi connectivity index (χ2n) is 3.16. The van der Waals surface area contributed by atoms with Gasteiger partial charge in [0.1, 0.15) is 0 Å². The number of nitrogens with zero attached hydrogens (tertiary/aromatic N) is 1. The maximum atomic E-state index is 10.6. The molecule has 1 fully saturated rings. The maximum absolute atomic E-state index is 10.6. The zero-order valence-corrected chi connectivity index (χ0v) is 6.66. The Hall–Kier alpha value is -0.610. The summed E-state index contributed by atoms with van der Waals surface area (Å²) in [5, 5.41) is 8.72. The molecule has 1 unspecified atom stereocenters. The summed E-state index contributed by atoms with van der Waals surface area (Å²) in [6.45, 7) is 1.49. The van der Waals surface area contributed by atoms with Crippen molar-refractivity contribution in [1.29, 1.82) is 0 Å². The van der Waals surface area contributed by atoms with E-state index in [4.69, 9.17) is 10.8 Å². The molecular weight excluding hydrogens is 144 g/mol. The first-order chi connectivity index (χ1) is 5.11. The zero-order chi connectivity index (χ0) is 8.43. The molecule has 1 rings (SSSR count). The van der Waals surface area contributed by atoms with Crippen molar-refractivity contribution in [3.63, 3.8) is 0 Å². The first-order valence-electron chi connectivity index (χ1n) is 3.78. The van der Waals surface area contributed by atoms with Crippen molar-refractivity contribution in [2.24, 2.45) is 11.7 Å². The van der Waals surface area contributed by atoms with Crippen molar-refractivity contribution < 1.29 is 9.90 Å². The molecule has 4 nitrogen and oxygen atoms in total. The van der Waals surface area contributed by atoms with E-state index in [9.17, 15) is 4.79 Å². The van der Waals surface area contributed by atoms with Gasteiger partial charge in [-0.25, -0.2) is 0 Å². The van der Waals surface area contributed by atoms with Crippen LogP contribution in [0.1, 0.15) is 6.42 Å². The van der Waals surface area contributed by atoms with Gasteiger partial charge in [0.15, 0.2) is 0 Å². The van der Waals surface area contributed by atoms with Gasteiger partial charge in [-0.1, -0.05) is 0 Å². The fourth-order valence-corrected chi connectivity index (χ4v) is 1.39. The number of rotatable bonds is 1. The molecule has 4 heteroatoms. The molecule has 0 aromatic heterocycles. The fraction of sp³-hybridized carbons (Fsp3) is 0.857. The number of carbonyl (C=O) groups is 1. The van der Waals surface area contributed by atoms with Crippen LogP contribution >= 0.6 is 0 Å². The van der Waals surface area contributed by atoms with E-state index in [1.807, 2.05) is 11.9 Å². The predicted octanol–water partition coefficient (Wildman–Crippen LogP) is -0.650. The SMILES string of the molecule is CN1CC[C@@H](N)C(C(=O)O)C1. The van der Waals surface area contributed by atoms with E-state index >= 15 is 0 Å². The molecule has 1 heterocycles. The quantitative estimate of drug-likeness (QED) is 0.532. The van der Waals surface area contributed by atoms with Gasteiger partial charge < -0.3 is 15.7 Å². The Morgan fingerprint density at radius 1 is 1.73 bits per heavy atom. The molecule has 2 atom stereocenters. The van der Waals surface area contributed by atoms with E-state index in [1.165, 1.54) is 0 Å². The van der Waals surface area contributed by atoms with Crippen LogP contribution in [0.5, 0.6) is 0 Å². The van der Waals surface area contributed by atoms with E-state index in [0.29, 0.717) is 6.54 Å². The molecule has 0 aromatic rings. The smallest absolute Gasteiger partial charge is 0.309 e. The monoisotopic (exact) mass is 158 g/mol. The van der Waals surface area contributed by atoms with Crippen LogP contribution in [0.25, 0.3) is 0 Å². The minimum absolute atomic E-state index is 0.163. The number of likely N-dealkylation sites (tertiary alicyclic amines) is 1. The summed E-state index contributed by atoms with van der Waals surface area (Å²) in [4.78, 5) is 12.6. The van der Waals surface area contributed by atoms with Gasteiger partial charge in [0.25, 0.3) is 0 Å². The number of aliphatic carboxylic acids is 1. The van der Waals surface area contributed by atoms with Gasteiger partial charge in [0.2, 0.25) is 0 Å². The van der Waals surface area contributed by atoms with Crippen molar-refractivity contribution in [1.82, 2.24) is 4.90 Å². The van der Waals surface area contributed by atoms with E-state index in [1.54, 1.807) is 0 Å². The highest BCUT2D eigenvalue weighted by atomic mass is 16.4. The van der Waals surface area contributed by atoms with Crippen LogP contribution in [-0.2, 0) is 4.79 Å². The van der Waals surface area contributed by atoms with Crippen LogP contribution in [0.3, 0.4) is 0 Å². The third-order valence-corrected chi connectivity index (χ3v) is 2.19. The van der Waals surface area contributed by atoms with E-state index < -0.39 is 5.97 Å². The normalized spacial score (nSPS) is 33.6. The fourth-order valence-electron chi connectivity index (χ4n) is 1.39. The van der Waals surface area contributed by atoms with E-state index in [-0.39, 0.29) is 12.0 Å². The third-order valence-electron chi connectivity index (χ3n) is 2.19. The van der Waals surface area contributed by atoms with Gasteiger partial charge in [-0.3, -0.25) is 4.79 Å². The lowest BCUT2D eigenvalue weighted by Crippen LogP contribution is -2.48. The summed E-state index contributed by atoms with van der Waals surface area (Å²) in [5.74, 6) is -1.15. The average Bonchev–Trinajstić information content (AvgIpc) is 1.94. The first kappa shape index (κ1) is 8.49. The van der Waals surface area contributed by atoms with Crippen molar-refractivity contribution in [2.75, 3.05) is 20.1 Å². The highest BCUT2D eigenvalue weighted by molar-refractivity contribution is 5.71. The standard InChI is InChI=1S/C7H14N2O2/c1-9-3-2-6(8)5(4-9)7(10)11/h5-6H,2-4,8H2,1H3,(H,10,11)/t5?,6-/m1/s1. The lowest BCUT2D eigenvalue weighted by Gasteiger charge is -2.31. The topological polar surface area (TPSA) is 66.6 Å². The molecule has 1 saturated heterocycles. The summed E-state index contributed by atoms with van der Waals surface area (Å²) >= 11 is 0. The van der Waals surface area contributed by atoms with Crippen LogP contribution in [0.2, 0.25) is 0 Å².